The van der Waals surface area contributed by atoms with E-state index in [2.05, 4.69) is 10.3 Å². The second-order valence-electron chi connectivity index (χ2n) is 9.90. The standard InChI is InChI=1S/C27H36ClN3O5S2/c1-27(2,3)31(26(35)36-13-10-18-6-4-7-19(28)16-18)12-5-14-37-15-11-29-17-22(33)20-8-9-21(32)23-24(20)38-25(34)30-23/h4,6-9,16,22,29,32-33H,5,10-15,17H2,1-3H3,(H,30,34)/t22-/m0/s1. The third-order valence-corrected chi connectivity index (χ3v) is 8.15. The van der Waals surface area contributed by atoms with Crippen LogP contribution < -0.4 is 10.2 Å². The molecule has 3 aromatic rings. The summed E-state index contributed by atoms with van der Waals surface area (Å²) in [6, 6.07) is 10.7. The molecule has 0 aliphatic carbocycles. The summed E-state index contributed by atoms with van der Waals surface area (Å²) >= 11 is 8.78. The number of hydrogen-bond donors (Lipinski definition) is 4. The number of aromatic amines is 1. The summed E-state index contributed by atoms with van der Waals surface area (Å²) in [5.74, 6) is 1.74. The van der Waals surface area contributed by atoms with Gasteiger partial charge in [0.15, 0.2) is 0 Å². The van der Waals surface area contributed by atoms with Gasteiger partial charge in [-0.1, -0.05) is 41.1 Å². The Morgan fingerprint density at radius 2 is 2.05 bits per heavy atom. The van der Waals surface area contributed by atoms with Crippen LogP contribution in [0.3, 0.4) is 0 Å². The smallest absolute Gasteiger partial charge is 0.410 e. The van der Waals surface area contributed by atoms with E-state index in [4.69, 9.17) is 16.3 Å². The predicted molar refractivity (Wildman–Crippen MR) is 157 cm³/mol. The molecule has 0 bridgehead atoms. The average molecular weight is 582 g/mol. The van der Waals surface area contributed by atoms with Crippen molar-refractivity contribution in [2.45, 2.75) is 45.3 Å². The Morgan fingerprint density at radius 1 is 1.26 bits per heavy atom. The van der Waals surface area contributed by atoms with Gasteiger partial charge in [0.1, 0.15) is 11.3 Å². The summed E-state index contributed by atoms with van der Waals surface area (Å²) in [5, 5.41) is 24.4. The molecule has 0 radical (unpaired) electrons. The van der Waals surface area contributed by atoms with Crippen LogP contribution in [0.2, 0.25) is 5.02 Å². The fourth-order valence-corrected chi connectivity index (χ4v) is 5.91. The number of amides is 1. The number of aliphatic hydroxyl groups is 1. The molecule has 38 heavy (non-hydrogen) atoms. The number of aliphatic hydroxyl groups excluding tert-OH is 1. The number of phenolic OH excluding ortho intramolecular Hbond substituents is 1. The first-order chi connectivity index (χ1) is 18.1. The van der Waals surface area contributed by atoms with Crippen LogP contribution >= 0.6 is 34.7 Å². The minimum atomic E-state index is -0.792. The van der Waals surface area contributed by atoms with Crippen molar-refractivity contribution in [3.8, 4) is 5.75 Å². The second kappa shape index (κ2) is 14.2. The van der Waals surface area contributed by atoms with E-state index in [0.717, 1.165) is 34.8 Å². The number of benzene rings is 2. The van der Waals surface area contributed by atoms with Crippen LogP contribution in [-0.4, -0.2) is 69.5 Å². The van der Waals surface area contributed by atoms with Crippen LogP contribution in [0.5, 0.6) is 5.75 Å². The molecule has 0 saturated heterocycles. The van der Waals surface area contributed by atoms with Gasteiger partial charge in [0.2, 0.25) is 0 Å². The Kier molecular flexibility index (Phi) is 11.3. The van der Waals surface area contributed by atoms with Crippen molar-refractivity contribution >= 4 is 51.0 Å². The number of ether oxygens (including phenoxy) is 1. The van der Waals surface area contributed by atoms with Crippen molar-refractivity contribution in [1.82, 2.24) is 15.2 Å². The highest BCUT2D eigenvalue weighted by Crippen LogP contribution is 2.31. The van der Waals surface area contributed by atoms with E-state index in [1.54, 1.807) is 22.7 Å². The van der Waals surface area contributed by atoms with Crippen LogP contribution in [0.15, 0.2) is 41.2 Å². The first-order valence-electron chi connectivity index (χ1n) is 12.6. The predicted octanol–water partition coefficient (Wildman–Crippen LogP) is 5.17. The zero-order valence-corrected chi connectivity index (χ0v) is 24.3. The highest BCUT2D eigenvalue weighted by atomic mass is 35.5. The summed E-state index contributed by atoms with van der Waals surface area (Å²) in [4.78, 5) is 28.5. The first kappa shape index (κ1) is 30.3. The van der Waals surface area contributed by atoms with Crippen LogP contribution in [0.1, 0.15) is 44.4 Å². The number of rotatable bonds is 13. The lowest BCUT2D eigenvalue weighted by Crippen LogP contribution is -2.46. The molecule has 11 heteroatoms. The van der Waals surface area contributed by atoms with Crippen molar-refractivity contribution in [2.24, 2.45) is 0 Å². The maximum Gasteiger partial charge on any atom is 0.410 e. The van der Waals surface area contributed by atoms with Crippen LogP contribution in [0.25, 0.3) is 10.2 Å². The number of halogens is 1. The molecule has 3 rings (SSSR count). The minimum Gasteiger partial charge on any atom is -0.506 e. The van der Waals surface area contributed by atoms with Crippen molar-refractivity contribution in [3.05, 3.63) is 62.2 Å². The maximum atomic E-state index is 12.7. The molecule has 0 aliphatic heterocycles. The molecule has 1 atom stereocenters. The third kappa shape index (κ3) is 8.91. The third-order valence-electron chi connectivity index (χ3n) is 5.91. The number of nitrogens with one attached hydrogen (secondary N) is 2. The van der Waals surface area contributed by atoms with Gasteiger partial charge in [0.25, 0.3) is 0 Å². The molecule has 4 N–H and O–H groups in total. The van der Waals surface area contributed by atoms with Gasteiger partial charge in [-0.15, -0.1) is 0 Å². The average Bonchev–Trinajstić information content (AvgIpc) is 3.24. The van der Waals surface area contributed by atoms with E-state index >= 15 is 0 Å². The zero-order chi connectivity index (χ0) is 27.7. The molecule has 0 saturated carbocycles. The lowest BCUT2D eigenvalue weighted by Gasteiger charge is -2.34. The second-order valence-corrected chi connectivity index (χ2v) is 12.5. The Labute approximate surface area is 236 Å². The molecule has 0 fully saturated rings. The topological polar surface area (TPSA) is 115 Å². The number of carbonyl (C=O) groups is 1. The van der Waals surface area contributed by atoms with E-state index in [9.17, 15) is 19.8 Å². The SMILES string of the molecule is CC(C)(C)N(CCCSCCNC[C@H](O)c1ccc(O)c2[nH]c(=O)sc12)C(=O)OCCc1cccc(Cl)c1. The summed E-state index contributed by atoms with van der Waals surface area (Å²) in [6.07, 6.45) is 0.354. The summed E-state index contributed by atoms with van der Waals surface area (Å²) < 4.78 is 6.12. The number of nitrogens with zero attached hydrogens (tertiary/aromatic N) is 1. The monoisotopic (exact) mass is 581 g/mol. The fourth-order valence-electron chi connectivity index (χ4n) is 3.95. The van der Waals surface area contributed by atoms with E-state index in [1.165, 1.54) is 6.07 Å². The molecule has 0 aliphatic rings. The minimum absolute atomic E-state index is 0.00510. The molecule has 0 spiro atoms. The number of thiazole rings is 1. The van der Waals surface area contributed by atoms with E-state index in [1.807, 2.05) is 45.0 Å². The number of carbonyl (C=O) groups excluding carboxylic acids is 1. The van der Waals surface area contributed by atoms with Crippen molar-refractivity contribution in [3.63, 3.8) is 0 Å². The largest absolute Gasteiger partial charge is 0.506 e. The van der Waals surface area contributed by atoms with Crippen LogP contribution in [0.4, 0.5) is 4.79 Å². The lowest BCUT2D eigenvalue weighted by atomic mass is 10.1. The number of H-pyrrole nitrogens is 1. The van der Waals surface area contributed by atoms with Gasteiger partial charge >= 0.3 is 11.0 Å². The van der Waals surface area contributed by atoms with Gasteiger partial charge in [0, 0.05) is 47.9 Å². The molecule has 0 unspecified atom stereocenters. The Hall–Kier alpha value is -2.24. The Morgan fingerprint density at radius 3 is 2.79 bits per heavy atom. The van der Waals surface area contributed by atoms with Gasteiger partial charge in [-0.05, 0) is 56.7 Å². The van der Waals surface area contributed by atoms with Gasteiger partial charge in [-0.3, -0.25) is 4.79 Å². The number of aromatic hydroxyl groups is 1. The highest BCUT2D eigenvalue weighted by Gasteiger charge is 2.27. The molecular weight excluding hydrogens is 546 g/mol. The van der Waals surface area contributed by atoms with Gasteiger partial charge in [-0.25, -0.2) is 4.79 Å². The highest BCUT2D eigenvalue weighted by molar-refractivity contribution is 7.99. The number of phenols is 1. The molecular formula is C27H36ClN3O5S2. The van der Waals surface area contributed by atoms with Crippen LogP contribution in [-0.2, 0) is 11.2 Å². The molecule has 208 valence electrons. The first-order valence-corrected chi connectivity index (χ1v) is 14.9. The van der Waals surface area contributed by atoms with Gasteiger partial charge < -0.3 is 30.2 Å². The summed E-state index contributed by atoms with van der Waals surface area (Å²) in [6.45, 7) is 7.96. The van der Waals surface area contributed by atoms with E-state index in [-0.39, 0.29) is 22.3 Å². The van der Waals surface area contributed by atoms with Crippen LogP contribution in [0, 0.1) is 0 Å². The van der Waals surface area contributed by atoms with Gasteiger partial charge in [0.05, 0.1) is 17.4 Å². The van der Waals surface area contributed by atoms with Crippen molar-refractivity contribution in [1.29, 1.82) is 0 Å². The summed E-state index contributed by atoms with van der Waals surface area (Å²) in [5.41, 5.74) is 1.66. The van der Waals surface area contributed by atoms with E-state index < -0.39 is 6.10 Å². The zero-order valence-electron chi connectivity index (χ0n) is 22.0. The molecule has 8 nitrogen and oxygen atoms in total. The normalized spacial score (nSPS) is 12.6. The quantitative estimate of drug-likeness (QED) is 0.206. The Balaban J connectivity index is 1.33. The number of hydrogen-bond acceptors (Lipinski definition) is 8. The Bertz CT molecular complexity index is 1260. The molecule has 2 aromatic carbocycles. The fraction of sp³-hybridized carbons (Fsp3) is 0.481. The molecule has 1 aromatic heterocycles. The number of aromatic nitrogens is 1. The number of fused-ring (bicyclic) bond motifs is 1. The van der Waals surface area contributed by atoms with Gasteiger partial charge in [-0.2, -0.15) is 11.8 Å². The van der Waals surface area contributed by atoms with Crippen molar-refractivity contribution < 1.29 is 19.7 Å². The maximum absolute atomic E-state index is 12.7. The molecule has 1 heterocycles. The molecule has 1 amide bonds. The van der Waals surface area contributed by atoms with E-state index in [0.29, 0.717) is 53.5 Å². The van der Waals surface area contributed by atoms with Crippen molar-refractivity contribution in [2.75, 3.05) is 37.7 Å². The summed E-state index contributed by atoms with van der Waals surface area (Å²) in [7, 11) is 0. The lowest BCUT2D eigenvalue weighted by molar-refractivity contribution is 0.0687. The number of thioether (sulfide) groups is 1.